The third-order valence-electron chi connectivity index (χ3n) is 3.61. The minimum Gasteiger partial charge on any atom is -0.508 e. The summed E-state index contributed by atoms with van der Waals surface area (Å²) in [6, 6.07) is 7.72. The average Bonchev–Trinajstić information content (AvgIpc) is 2.26. The lowest BCUT2D eigenvalue weighted by Gasteiger charge is -2.27. The summed E-state index contributed by atoms with van der Waals surface area (Å²) >= 11 is 0. The van der Waals surface area contributed by atoms with Gasteiger partial charge < -0.3 is 5.11 Å². The van der Waals surface area contributed by atoms with Gasteiger partial charge in [0.1, 0.15) is 5.75 Å². The molecule has 2 unspecified atom stereocenters. The molecule has 0 heterocycles. The van der Waals surface area contributed by atoms with Crippen LogP contribution in [0, 0.1) is 11.8 Å². The highest BCUT2D eigenvalue weighted by Gasteiger charge is 2.20. The van der Waals surface area contributed by atoms with Crippen molar-refractivity contribution in [2.45, 2.75) is 46.5 Å². The molecular weight excluding hydrogens is 196 g/mol. The van der Waals surface area contributed by atoms with Crippen LogP contribution in [0.5, 0.6) is 5.75 Å². The van der Waals surface area contributed by atoms with E-state index in [1.807, 2.05) is 0 Å². The van der Waals surface area contributed by atoms with Crippen molar-refractivity contribution < 1.29 is 5.11 Å². The maximum atomic E-state index is 9.32. The fourth-order valence-electron chi connectivity index (χ4n) is 2.23. The molecule has 0 aliphatic heterocycles. The summed E-state index contributed by atoms with van der Waals surface area (Å²) < 4.78 is 0. The van der Waals surface area contributed by atoms with Crippen LogP contribution in [0.15, 0.2) is 24.3 Å². The molecule has 0 spiro atoms. The van der Waals surface area contributed by atoms with E-state index in [0.717, 1.165) is 0 Å². The summed E-state index contributed by atoms with van der Waals surface area (Å²) in [5.74, 6) is 2.36. The quantitative estimate of drug-likeness (QED) is 0.770. The lowest BCUT2D eigenvalue weighted by molar-refractivity contribution is 0.330. The normalized spacial score (nSPS) is 15.1. The van der Waals surface area contributed by atoms with Crippen LogP contribution in [0.25, 0.3) is 0 Å². The molecular formula is C15H24O. The minimum atomic E-state index is 0.358. The van der Waals surface area contributed by atoms with Gasteiger partial charge >= 0.3 is 0 Å². The molecule has 90 valence electrons. The highest BCUT2D eigenvalue weighted by atomic mass is 16.3. The molecule has 0 saturated carbocycles. The van der Waals surface area contributed by atoms with Crippen molar-refractivity contribution in [3.05, 3.63) is 29.8 Å². The van der Waals surface area contributed by atoms with Gasteiger partial charge in [-0.2, -0.15) is 0 Å². The van der Waals surface area contributed by atoms with Crippen molar-refractivity contribution in [2.24, 2.45) is 11.8 Å². The average molecular weight is 220 g/mol. The van der Waals surface area contributed by atoms with Crippen LogP contribution in [0.4, 0.5) is 0 Å². The first-order valence-electron chi connectivity index (χ1n) is 6.35. The maximum Gasteiger partial charge on any atom is 0.115 e. The molecule has 0 radical (unpaired) electrons. The van der Waals surface area contributed by atoms with Gasteiger partial charge in [0.25, 0.3) is 0 Å². The predicted octanol–water partition coefficient (Wildman–Crippen LogP) is 4.57. The van der Waals surface area contributed by atoms with Crippen LogP contribution in [-0.4, -0.2) is 5.11 Å². The van der Waals surface area contributed by atoms with Gasteiger partial charge in [-0.05, 0) is 41.9 Å². The third kappa shape index (κ3) is 3.26. The first-order valence-corrected chi connectivity index (χ1v) is 6.35. The molecule has 0 amide bonds. The molecule has 1 rings (SSSR count). The van der Waals surface area contributed by atoms with Gasteiger partial charge in [-0.15, -0.1) is 0 Å². The standard InChI is InChI=1S/C15H24O/c1-5-6-15(12(4)11(2)3)13-7-9-14(16)10-8-13/h7-12,15-16H,5-6H2,1-4H3. The van der Waals surface area contributed by atoms with Crippen LogP contribution in [-0.2, 0) is 0 Å². The number of hydrogen-bond acceptors (Lipinski definition) is 1. The van der Waals surface area contributed by atoms with E-state index >= 15 is 0 Å². The zero-order valence-electron chi connectivity index (χ0n) is 10.9. The second-order valence-corrected chi connectivity index (χ2v) is 5.09. The number of rotatable bonds is 5. The van der Waals surface area contributed by atoms with Crippen LogP contribution in [0.3, 0.4) is 0 Å². The molecule has 1 nitrogen and oxygen atoms in total. The Morgan fingerprint density at radius 3 is 2.06 bits per heavy atom. The van der Waals surface area contributed by atoms with Gasteiger partial charge in [0.15, 0.2) is 0 Å². The Kier molecular flexibility index (Phi) is 4.85. The fraction of sp³-hybridized carbons (Fsp3) is 0.600. The Morgan fingerprint density at radius 1 is 1.06 bits per heavy atom. The second-order valence-electron chi connectivity index (χ2n) is 5.09. The van der Waals surface area contributed by atoms with Gasteiger partial charge in [-0.3, -0.25) is 0 Å². The van der Waals surface area contributed by atoms with Gasteiger partial charge in [0.05, 0.1) is 0 Å². The number of phenols is 1. The van der Waals surface area contributed by atoms with Crippen LogP contribution in [0.1, 0.15) is 52.0 Å². The highest BCUT2D eigenvalue weighted by Crippen LogP contribution is 2.34. The summed E-state index contributed by atoms with van der Waals surface area (Å²) in [5, 5.41) is 9.32. The predicted molar refractivity (Wildman–Crippen MR) is 69.8 cm³/mol. The van der Waals surface area contributed by atoms with Gasteiger partial charge in [-0.25, -0.2) is 0 Å². The summed E-state index contributed by atoms with van der Waals surface area (Å²) in [6.45, 7) is 9.14. The molecule has 0 aliphatic rings. The van der Waals surface area contributed by atoms with Crippen LogP contribution in [0.2, 0.25) is 0 Å². The molecule has 0 saturated heterocycles. The number of aromatic hydroxyl groups is 1. The molecule has 16 heavy (non-hydrogen) atoms. The van der Waals surface area contributed by atoms with E-state index in [1.54, 1.807) is 12.1 Å². The molecule has 0 bridgehead atoms. The molecule has 0 aliphatic carbocycles. The topological polar surface area (TPSA) is 20.2 Å². The summed E-state index contributed by atoms with van der Waals surface area (Å²) in [7, 11) is 0. The van der Waals surface area contributed by atoms with E-state index in [0.29, 0.717) is 23.5 Å². The maximum absolute atomic E-state index is 9.32. The van der Waals surface area contributed by atoms with Crippen molar-refractivity contribution in [3.63, 3.8) is 0 Å². The van der Waals surface area contributed by atoms with E-state index in [-0.39, 0.29) is 0 Å². The van der Waals surface area contributed by atoms with Crippen molar-refractivity contribution >= 4 is 0 Å². The zero-order chi connectivity index (χ0) is 12.1. The Labute approximate surface area is 99.5 Å². The molecule has 1 heteroatoms. The van der Waals surface area contributed by atoms with Crippen LogP contribution < -0.4 is 0 Å². The second kappa shape index (κ2) is 5.93. The number of phenolic OH excluding ortho intramolecular Hbond substituents is 1. The third-order valence-corrected chi connectivity index (χ3v) is 3.61. The first kappa shape index (κ1) is 13.1. The highest BCUT2D eigenvalue weighted by molar-refractivity contribution is 5.28. The van der Waals surface area contributed by atoms with Gasteiger partial charge in [-0.1, -0.05) is 46.2 Å². The summed E-state index contributed by atoms with van der Waals surface area (Å²) in [5.41, 5.74) is 1.36. The van der Waals surface area contributed by atoms with E-state index in [9.17, 15) is 5.11 Å². The molecule has 2 atom stereocenters. The summed E-state index contributed by atoms with van der Waals surface area (Å²) in [4.78, 5) is 0. The Morgan fingerprint density at radius 2 is 1.62 bits per heavy atom. The SMILES string of the molecule is CCCC(c1ccc(O)cc1)C(C)C(C)C. The molecule has 0 aromatic heterocycles. The largest absolute Gasteiger partial charge is 0.508 e. The van der Waals surface area contributed by atoms with Crippen molar-refractivity contribution in [3.8, 4) is 5.75 Å². The van der Waals surface area contributed by atoms with Crippen LogP contribution >= 0.6 is 0 Å². The monoisotopic (exact) mass is 220 g/mol. The molecule has 1 N–H and O–H groups in total. The lowest BCUT2D eigenvalue weighted by Crippen LogP contribution is -2.15. The molecule has 0 fully saturated rings. The molecule has 1 aromatic carbocycles. The van der Waals surface area contributed by atoms with E-state index in [4.69, 9.17) is 0 Å². The van der Waals surface area contributed by atoms with Gasteiger partial charge in [0, 0.05) is 0 Å². The Hall–Kier alpha value is -0.980. The zero-order valence-corrected chi connectivity index (χ0v) is 10.9. The van der Waals surface area contributed by atoms with Crippen molar-refractivity contribution in [2.75, 3.05) is 0 Å². The van der Waals surface area contributed by atoms with Gasteiger partial charge in [0.2, 0.25) is 0 Å². The fourth-order valence-corrected chi connectivity index (χ4v) is 2.23. The number of hydrogen-bond donors (Lipinski definition) is 1. The van der Waals surface area contributed by atoms with E-state index < -0.39 is 0 Å². The Balaban J connectivity index is 2.88. The smallest absolute Gasteiger partial charge is 0.115 e. The Bertz CT molecular complexity index is 300. The lowest BCUT2D eigenvalue weighted by atomic mass is 9.78. The minimum absolute atomic E-state index is 0.358. The first-order chi connectivity index (χ1) is 7.56. The summed E-state index contributed by atoms with van der Waals surface area (Å²) in [6.07, 6.45) is 2.44. The van der Waals surface area contributed by atoms with E-state index in [1.165, 1.54) is 18.4 Å². The number of benzene rings is 1. The van der Waals surface area contributed by atoms with E-state index in [2.05, 4.69) is 39.8 Å². The molecule has 1 aromatic rings. The van der Waals surface area contributed by atoms with Crippen molar-refractivity contribution in [1.29, 1.82) is 0 Å². The van der Waals surface area contributed by atoms with Crippen molar-refractivity contribution in [1.82, 2.24) is 0 Å².